The van der Waals surface area contributed by atoms with Crippen molar-refractivity contribution in [1.29, 1.82) is 0 Å². The molecule has 0 spiro atoms. The van der Waals surface area contributed by atoms with Crippen LogP contribution in [0.15, 0.2) is 127 Å². The first-order valence-electron chi connectivity index (χ1n) is 22.6. The first-order valence-corrected chi connectivity index (χ1v) is 24.0. The molecule has 1 heterocycles. The van der Waals surface area contributed by atoms with E-state index >= 15 is 0 Å². The monoisotopic (exact) mass is 1000 g/mol. The number of fused-ring (bicyclic) bond motifs is 1. The van der Waals surface area contributed by atoms with E-state index in [2.05, 4.69) is 4.18 Å². The van der Waals surface area contributed by atoms with Crippen molar-refractivity contribution in [2.24, 2.45) is 0 Å². The molecule has 71 heavy (non-hydrogen) atoms. The van der Waals surface area contributed by atoms with Crippen LogP contribution >= 0.6 is 0 Å². The Kier molecular flexibility index (Phi) is 17.6. The lowest BCUT2D eigenvalue weighted by Crippen LogP contribution is -2.60. The first kappa shape index (κ1) is 52.6. The minimum Gasteiger partial charge on any atom is -0.496 e. The Balaban J connectivity index is 1.40. The average molecular weight is 1000 g/mol. The highest BCUT2D eigenvalue weighted by molar-refractivity contribution is 7.88. The van der Waals surface area contributed by atoms with Crippen LogP contribution in [-0.4, -0.2) is 98.0 Å². The minimum absolute atomic E-state index is 0.0458. The van der Waals surface area contributed by atoms with Gasteiger partial charge in [0, 0.05) is 12.5 Å². The second-order valence-electron chi connectivity index (χ2n) is 16.8. The lowest BCUT2D eigenvalue weighted by atomic mass is 9.86. The SMILES string of the molecule is COCOCCc1cc(OC)c(OS(=O)(=O)C(F)(F)F)c(C(=O)Oc2ccc(OC)c3c(OCc4ccccc4)ccc([C@H]4O[C@@H](C)[C@@H](OCc5ccccc5)[C@@H](N(C)C)[C@@H]4OCc4ccccc4)c23)c1. The highest BCUT2D eigenvalue weighted by atomic mass is 32.2. The molecule has 1 saturated heterocycles. The van der Waals surface area contributed by atoms with Gasteiger partial charge in [-0.15, -0.1) is 0 Å². The van der Waals surface area contributed by atoms with Crippen molar-refractivity contribution >= 4 is 26.9 Å². The van der Waals surface area contributed by atoms with Crippen molar-refractivity contribution in [1.82, 2.24) is 4.90 Å². The number of methoxy groups -OCH3 is 3. The summed E-state index contributed by atoms with van der Waals surface area (Å²) in [7, 11) is 1.50. The second kappa shape index (κ2) is 23.8. The smallest absolute Gasteiger partial charge is 0.496 e. The number of carbonyl (C=O) groups is 1. The van der Waals surface area contributed by atoms with Gasteiger partial charge in [-0.1, -0.05) is 97.1 Å². The zero-order chi connectivity index (χ0) is 50.7. The summed E-state index contributed by atoms with van der Waals surface area (Å²) in [4.78, 5) is 16.8. The summed E-state index contributed by atoms with van der Waals surface area (Å²) in [5.74, 6) is -2.32. The molecule has 1 fully saturated rings. The van der Waals surface area contributed by atoms with Gasteiger partial charge in [0.2, 0.25) is 0 Å². The summed E-state index contributed by atoms with van der Waals surface area (Å²) < 4.78 is 127. The van der Waals surface area contributed by atoms with Gasteiger partial charge in [0.05, 0.1) is 51.6 Å². The summed E-state index contributed by atoms with van der Waals surface area (Å²) >= 11 is 0. The van der Waals surface area contributed by atoms with E-state index in [-0.39, 0.29) is 50.8 Å². The van der Waals surface area contributed by atoms with Gasteiger partial charge in [-0.25, -0.2) is 4.79 Å². The molecular formula is C53H56F3NO13S. The van der Waals surface area contributed by atoms with Crippen LogP contribution in [0.3, 0.4) is 0 Å². The number of alkyl halides is 3. The fraction of sp³-hybridized carbons (Fsp3) is 0.340. The molecule has 0 radical (unpaired) electrons. The van der Waals surface area contributed by atoms with Crippen LogP contribution < -0.4 is 23.1 Å². The Morgan fingerprint density at radius 2 is 1.24 bits per heavy atom. The third-order valence-corrected chi connectivity index (χ3v) is 12.7. The Morgan fingerprint density at radius 3 is 1.80 bits per heavy atom. The van der Waals surface area contributed by atoms with Crippen LogP contribution in [0, 0.1) is 0 Å². The van der Waals surface area contributed by atoms with E-state index in [0.717, 1.165) is 29.9 Å². The molecule has 0 saturated carbocycles. The van der Waals surface area contributed by atoms with Crippen molar-refractivity contribution in [3.63, 3.8) is 0 Å². The van der Waals surface area contributed by atoms with Gasteiger partial charge in [-0.2, -0.15) is 21.6 Å². The Morgan fingerprint density at radius 1 is 0.676 bits per heavy atom. The molecule has 1 aliphatic heterocycles. The van der Waals surface area contributed by atoms with Crippen LogP contribution in [-0.2, 0) is 60.0 Å². The van der Waals surface area contributed by atoms with Crippen molar-refractivity contribution < 1.29 is 73.2 Å². The number of hydrogen-bond donors (Lipinski definition) is 0. The third-order valence-electron chi connectivity index (χ3n) is 11.8. The molecular weight excluding hydrogens is 948 g/mol. The van der Waals surface area contributed by atoms with Gasteiger partial charge in [0.25, 0.3) is 0 Å². The van der Waals surface area contributed by atoms with E-state index in [4.69, 9.17) is 42.6 Å². The maximum Gasteiger partial charge on any atom is 0.534 e. The largest absolute Gasteiger partial charge is 0.534 e. The molecule has 5 atom stereocenters. The number of nitrogens with zero attached hydrogens (tertiary/aromatic N) is 1. The number of halogens is 3. The average Bonchev–Trinajstić information content (AvgIpc) is 3.36. The predicted molar refractivity (Wildman–Crippen MR) is 257 cm³/mol. The Bertz CT molecular complexity index is 2820. The highest BCUT2D eigenvalue weighted by Gasteiger charge is 2.50. The molecule has 0 unspecified atom stereocenters. The summed E-state index contributed by atoms with van der Waals surface area (Å²) in [6.07, 6.45) is -2.69. The zero-order valence-corrected chi connectivity index (χ0v) is 40.9. The number of ether oxygens (including phenoxy) is 9. The van der Waals surface area contributed by atoms with E-state index in [1.54, 1.807) is 18.2 Å². The molecule has 6 aromatic carbocycles. The van der Waals surface area contributed by atoms with Gasteiger partial charge in [0.1, 0.15) is 54.5 Å². The van der Waals surface area contributed by atoms with Crippen LogP contribution in [0.25, 0.3) is 10.8 Å². The second-order valence-corrected chi connectivity index (χ2v) is 18.3. The lowest BCUT2D eigenvalue weighted by molar-refractivity contribution is -0.230. The number of esters is 1. The number of rotatable bonds is 22. The number of carbonyl (C=O) groups excluding carboxylic acids is 1. The molecule has 1 aliphatic rings. The van der Waals surface area contributed by atoms with E-state index in [1.807, 2.05) is 117 Å². The van der Waals surface area contributed by atoms with Gasteiger partial charge in [0.15, 0.2) is 11.5 Å². The lowest BCUT2D eigenvalue weighted by Gasteiger charge is -2.48. The number of benzene rings is 6. The first-order chi connectivity index (χ1) is 34.1. The molecule has 378 valence electrons. The summed E-state index contributed by atoms with van der Waals surface area (Å²) in [6.45, 7) is 2.47. The van der Waals surface area contributed by atoms with Crippen LogP contribution in [0.1, 0.15) is 51.2 Å². The van der Waals surface area contributed by atoms with E-state index < -0.39 is 69.1 Å². The van der Waals surface area contributed by atoms with E-state index in [0.29, 0.717) is 28.0 Å². The fourth-order valence-corrected chi connectivity index (χ4v) is 8.92. The maximum atomic E-state index is 14.8. The standard InChI is InChI=1S/C53H56F3NO13S/c1-34-48(66-31-36-18-12-8-13-19-36)47(57(2)3)51(67-32-37-20-14-9-15-21-37)50(68-34)39-22-23-42(65-30-35-16-10-7-11-17-35)46-41(62-5)24-25-43(45(39)46)69-52(58)40-28-38(26-27-64-33-61-4)29-44(63-6)49(40)70-71(59,60)53(54,55)56/h7-25,28-29,34,47-48,50-51H,26-27,30-33H2,1-6H3/t34-,47+,48+,50+,51-/m0/s1. The van der Waals surface area contributed by atoms with Gasteiger partial charge in [-0.3, -0.25) is 0 Å². The van der Waals surface area contributed by atoms with Crippen LogP contribution in [0.4, 0.5) is 13.2 Å². The highest BCUT2D eigenvalue weighted by Crippen LogP contribution is 2.48. The van der Waals surface area contributed by atoms with Gasteiger partial charge in [-0.05, 0) is 85.6 Å². The molecule has 7 rings (SSSR count). The maximum absolute atomic E-state index is 14.8. The predicted octanol–water partition coefficient (Wildman–Crippen LogP) is 9.61. The minimum atomic E-state index is -6.33. The fourth-order valence-electron chi connectivity index (χ4n) is 8.43. The number of likely N-dealkylation sites (N-methyl/N-ethyl adjacent to an activating group) is 1. The third kappa shape index (κ3) is 12.6. The van der Waals surface area contributed by atoms with Crippen molar-refractivity contribution in [2.75, 3.05) is 48.8 Å². The zero-order valence-electron chi connectivity index (χ0n) is 40.1. The number of hydrogen-bond acceptors (Lipinski definition) is 14. The molecule has 0 bridgehead atoms. The Hall–Kier alpha value is -6.25. The van der Waals surface area contributed by atoms with Gasteiger partial charge < -0.3 is 51.7 Å². The molecule has 0 amide bonds. The molecule has 6 aromatic rings. The van der Waals surface area contributed by atoms with Crippen molar-refractivity contribution in [3.05, 3.63) is 161 Å². The molecule has 0 aromatic heterocycles. The van der Waals surface area contributed by atoms with E-state index in [9.17, 15) is 26.4 Å². The molecule has 14 nitrogen and oxygen atoms in total. The summed E-state index contributed by atoms with van der Waals surface area (Å²) in [5, 5.41) is 0.613. The molecule has 0 N–H and O–H groups in total. The Labute approximate surface area is 411 Å². The summed E-state index contributed by atoms with van der Waals surface area (Å²) in [6, 6.07) is 37.3. The van der Waals surface area contributed by atoms with Crippen LogP contribution in [0.2, 0.25) is 0 Å². The van der Waals surface area contributed by atoms with Gasteiger partial charge >= 0.3 is 21.6 Å². The quantitative estimate of drug-likeness (QED) is 0.0159. The van der Waals surface area contributed by atoms with Crippen molar-refractivity contribution in [3.8, 4) is 28.7 Å². The molecule has 0 aliphatic carbocycles. The topological polar surface area (TPSA) is 147 Å². The van der Waals surface area contributed by atoms with E-state index in [1.165, 1.54) is 26.4 Å². The normalized spacial score (nSPS) is 18.3. The summed E-state index contributed by atoms with van der Waals surface area (Å²) in [5.41, 5.74) is -3.09. The molecule has 18 heteroatoms. The van der Waals surface area contributed by atoms with Crippen LogP contribution in [0.5, 0.6) is 28.7 Å². The van der Waals surface area contributed by atoms with Crippen molar-refractivity contribution in [2.45, 2.75) is 69.1 Å².